The highest BCUT2D eigenvalue weighted by atomic mass is 15.2. The van der Waals surface area contributed by atoms with E-state index in [1.807, 2.05) is 0 Å². The van der Waals surface area contributed by atoms with E-state index < -0.39 is 0 Å². The van der Waals surface area contributed by atoms with E-state index in [0.717, 1.165) is 12.0 Å². The Morgan fingerprint density at radius 3 is 2.30 bits per heavy atom. The van der Waals surface area contributed by atoms with Crippen LogP contribution in [0.1, 0.15) is 78.6 Å². The van der Waals surface area contributed by atoms with E-state index in [2.05, 4.69) is 31.0 Å². The first-order valence-electron chi connectivity index (χ1n) is 9.18. The van der Waals surface area contributed by atoms with Crippen molar-refractivity contribution in [1.29, 1.82) is 0 Å². The zero-order chi connectivity index (χ0) is 14.6. The molecule has 2 heteroatoms. The lowest BCUT2D eigenvalue weighted by atomic mass is 10.0. The molecule has 0 aliphatic carbocycles. The Bertz CT molecular complexity index is 215. The van der Waals surface area contributed by atoms with Crippen molar-refractivity contribution in [3.63, 3.8) is 0 Å². The van der Waals surface area contributed by atoms with Gasteiger partial charge in [-0.1, -0.05) is 65.7 Å². The topological polar surface area (TPSA) is 15.3 Å². The van der Waals surface area contributed by atoms with Gasteiger partial charge in [-0.2, -0.15) is 0 Å². The van der Waals surface area contributed by atoms with Gasteiger partial charge in [0.25, 0.3) is 0 Å². The summed E-state index contributed by atoms with van der Waals surface area (Å²) in [5.74, 6) is 0.815. The van der Waals surface area contributed by atoms with E-state index in [4.69, 9.17) is 0 Å². The van der Waals surface area contributed by atoms with Crippen LogP contribution in [0.25, 0.3) is 0 Å². The predicted octanol–water partition coefficient (Wildman–Crippen LogP) is 4.45. The smallest absolute Gasteiger partial charge is 0.0197 e. The highest BCUT2D eigenvalue weighted by Crippen LogP contribution is 2.12. The number of rotatable bonds is 11. The lowest BCUT2D eigenvalue weighted by molar-refractivity contribution is 0.183. The van der Waals surface area contributed by atoms with Crippen LogP contribution < -0.4 is 5.32 Å². The van der Waals surface area contributed by atoms with Crippen molar-refractivity contribution in [1.82, 2.24) is 10.2 Å². The SMILES string of the molecule is CCCCCCCCCCN1CCNC(CC(C)C)C1. The van der Waals surface area contributed by atoms with Gasteiger partial charge in [0.2, 0.25) is 0 Å². The molecule has 0 spiro atoms. The number of hydrogen-bond donors (Lipinski definition) is 1. The minimum absolute atomic E-state index is 0.734. The third kappa shape index (κ3) is 8.97. The van der Waals surface area contributed by atoms with Crippen LogP contribution >= 0.6 is 0 Å². The fraction of sp³-hybridized carbons (Fsp3) is 1.00. The molecule has 0 amide bonds. The molecule has 1 N–H and O–H groups in total. The number of nitrogens with zero attached hydrogens (tertiary/aromatic N) is 1. The van der Waals surface area contributed by atoms with Crippen LogP contribution in [-0.2, 0) is 0 Å². The van der Waals surface area contributed by atoms with Crippen molar-refractivity contribution in [3.8, 4) is 0 Å². The molecule has 1 aliphatic rings. The largest absolute Gasteiger partial charge is 0.311 e. The quantitative estimate of drug-likeness (QED) is 0.563. The summed E-state index contributed by atoms with van der Waals surface area (Å²) in [7, 11) is 0. The van der Waals surface area contributed by atoms with Crippen molar-refractivity contribution in [2.45, 2.75) is 84.6 Å². The van der Waals surface area contributed by atoms with E-state index in [-0.39, 0.29) is 0 Å². The average molecular weight is 283 g/mol. The molecule has 0 aromatic carbocycles. The zero-order valence-electron chi connectivity index (χ0n) is 14.3. The molecule has 0 radical (unpaired) electrons. The Morgan fingerprint density at radius 2 is 1.65 bits per heavy atom. The molecule has 1 fully saturated rings. The van der Waals surface area contributed by atoms with Crippen molar-refractivity contribution < 1.29 is 0 Å². The maximum Gasteiger partial charge on any atom is 0.0197 e. The molecule has 20 heavy (non-hydrogen) atoms. The van der Waals surface area contributed by atoms with Gasteiger partial charge in [0, 0.05) is 25.7 Å². The van der Waals surface area contributed by atoms with Crippen LogP contribution in [0.2, 0.25) is 0 Å². The molecule has 1 rings (SSSR count). The van der Waals surface area contributed by atoms with E-state index in [9.17, 15) is 0 Å². The summed E-state index contributed by atoms with van der Waals surface area (Å²) in [5.41, 5.74) is 0. The lowest BCUT2D eigenvalue weighted by Gasteiger charge is -2.34. The maximum atomic E-state index is 3.67. The van der Waals surface area contributed by atoms with Gasteiger partial charge >= 0.3 is 0 Å². The van der Waals surface area contributed by atoms with Crippen LogP contribution in [0.3, 0.4) is 0 Å². The van der Waals surface area contributed by atoms with Gasteiger partial charge in [-0.15, -0.1) is 0 Å². The summed E-state index contributed by atoms with van der Waals surface area (Å²) in [6.45, 7) is 12.0. The van der Waals surface area contributed by atoms with E-state index >= 15 is 0 Å². The van der Waals surface area contributed by atoms with Crippen LogP contribution in [0, 0.1) is 5.92 Å². The Balaban J connectivity index is 1.96. The number of hydrogen-bond acceptors (Lipinski definition) is 2. The fourth-order valence-electron chi connectivity index (χ4n) is 3.29. The van der Waals surface area contributed by atoms with Crippen LogP contribution in [0.4, 0.5) is 0 Å². The van der Waals surface area contributed by atoms with Crippen LogP contribution in [-0.4, -0.2) is 37.1 Å². The van der Waals surface area contributed by atoms with Gasteiger partial charge in [0.05, 0.1) is 0 Å². The molecule has 0 bridgehead atoms. The van der Waals surface area contributed by atoms with Gasteiger partial charge in [-0.05, 0) is 25.3 Å². The van der Waals surface area contributed by atoms with Gasteiger partial charge in [0.1, 0.15) is 0 Å². The van der Waals surface area contributed by atoms with Gasteiger partial charge in [-0.3, -0.25) is 0 Å². The molecule has 1 saturated heterocycles. The van der Waals surface area contributed by atoms with E-state index in [0.29, 0.717) is 0 Å². The molecular weight excluding hydrogens is 244 g/mol. The third-order valence-electron chi connectivity index (χ3n) is 4.42. The zero-order valence-corrected chi connectivity index (χ0v) is 14.3. The number of nitrogens with one attached hydrogen (secondary N) is 1. The highest BCUT2D eigenvalue weighted by molar-refractivity contribution is 4.79. The molecule has 0 saturated carbocycles. The summed E-state index contributed by atoms with van der Waals surface area (Å²) < 4.78 is 0. The lowest BCUT2D eigenvalue weighted by Crippen LogP contribution is -2.51. The van der Waals surface area contributed by atoms with Crippen molar-refractivity contribution in [2.24, 2.45) is 5.92 Å². The molecule has 0 aromatic rings. The van der Waals surface area contributed by atoms with E-state index in [1.54, 1.807) is 0 Å². The second kappa shape index (κ2) is 11.6. The number of unbranched alkanes of at least 4 members (excludes halogenated alkanes) is 7. The summed E-state index contributed by atoms with van der Waals surface area (Å²) in [6.07, 6.45) is 12.8. The Hall–Kier alpha value is -0.0800. The van der Waals surface area contributed by atoms with Gasteiger partial charge in [0.15, 0.2) is 0 Å². The second-order valence-electron chi connectivity index (χ2n) is 7.06. The molecular formula is C18H38N2. The minimum atomic E-state index is 0.734. The third-order valence-corrected chi connectivity index (χ3v) is 4.42. The van der Waals surface area contributed by atoms with Gasteiger partial charge in [-0.25, -0.2) is 0 Å². The maximum absolute atomic E-state index is 3.67. The standard InChI is InChI=1S/C18H38N2/c1-4-5-6-7-8-9-10-11-13-20-14-12-19-18(16-20)15-17(2)3/h17-19H,4-16H2,1-3H3. The molecule has 2 nitrogen and oxygen atoms in total. The van der Waals surface area contributed by atoms with Crippen LogP contribution in [0.5, 0.6) is 0 Å². The second-order valence-corrected chi connectivity index (χ2v) is 7.06. The highest BCUT2D eigenvalue weighted by Gasteiger charge is 2.19. The molecule has 120 valence electrons. The Labute approximate surface area is 127 Å². The predicted molar refractivity (Wildman–Crippen MR) is 90.3 cm³/mol. The summed E-state index contributed by atoms with van der Waals surface area (Å²) >= 11 is 0. The van der Waals surface area contributed by atoms with Crippen molar-refractivity contribution >= 4 is 0 Å². The normalized spacial score (nSPS) is 20.7. The van der Waals surface area contributed by atoms with Crippen LogP contribution in [0.15, 0.2) is 0 Å². The fourth-order valence-corrected chi connectivity index (χ4v) is 3.29. The summed E-state index contributed by atoms with van der Waals surface area (Å²) in [4.78, 5) is 2.68. The Kier molecular flexibility index (Phi) is 10.4. The molecule has 1 aliphatic heterocycles. The molecule has 1 heterocycles. The summed E-state index contributed by atoms with van der Waals surface area (Å²) in [6, 6.07) is 0.734. The monoisotopic (exact) mass is 282 g/mol. The first-order valence-corrected chi connectivity index (χ1v) is 9.18. The number of piperazine rings is 1. The van der Waals surface area contributed by atoms with Crippen molar-refractivity contribution in [2.75, 3.05) is 26.2 Å². The van der Waals surface area contributed by atoms with Gasteiger partial charge < -0.3 is 10.2 Å². The van der Waals surface area contributed by atoms with Crippen molar-refractivity contribution in [3.05, 3.63) is 0 Å². The first-order chi connectivity index (χ1) is 9.72. The molecule has 1 unspecified atom stereocenters. The minimum Gasteiger partial charge on any atom is -0.311 e. The first kappa shape index (κ1) is 18.0. The Morgan fingerprint density at radius 1 is 1.00 bits per heavy atom. The average Bonchev–Trinajstić information content (AvgIpc) is 2.41. The molecule has 1 atom stereocenters. The van der Waals surface area contributed by atoms with E-state index in [1.165, 1.54) is 84.0 Å². The summed E-state index contributed by atoms with van der Waals surface area (Å²) in [5, 5.41) is 3.67. The molecule has 0 aromatic heterocycles.